The van der Waals surface area contributed by atoms with E-state index in [1.165, 1.54) is 19.2 Å². The highest BCUT2D eigenvalue weighted by Crippen LogP contribution is 2.38. The van der Waals surface area contributed by atoms with Gasteiger partial charge in [0.1, 0.15) is 23.7 Å². The monoisotopic (exact) mass is 997 g/mol. The number of carboxylic acid groups (broad SMARTS) is 1. The first-order chi connectivity index (χ1) is 33.8. The average Bonchev–Trinajstić information content (AvgIpc) is 4.21. The number of rotatable bonds is 14. The molecule has 0 aliphatic carbocycles. The lowest BCUT2D eigenvalue weighted by Crippen LogP contribution is -2.51. The molecule has 71 heavy (non-hydrogen) atoms. The highest BCUT2D eigenvalue weighted by atomic mass is 32.2. The van der Waals surface area contributed by atoms with Crippen LogP contribution >= 0.6 is 0 Å². The van der Waals surface area contributed by atoms with Gasteiger partial charge in [-0.15, -0.1) is 0 Å². The van der Waals surface area contributed by atoms with Crippen LogP contribution in [0.25, 0.3) is 50.7 Å². The van der Waals surface area contributed by atoms with Crippen molar-refractivity contribution in [3.63, 3.8) is 0 Å². The molecule has 0 radical (unpaired) electrons. The van der Waals surface area contributed by atoms with Crippen LogP contribution in [-0.2, 0) is 24.2 Å². The summed E-state index contributed by atoms with van der Waals surface area (Å²) in [6.07, 6.45) is 4.33. The van der Waals surface area contributed by atoms with Gasteiger partial charge in [-0.3, -0.25) is 9.59 Å². The quantitative estimate of drug-likeness (QED) is 0.0697. The summed E-state index contributed by atoms with van der Waals surface area (Å²) in [6.45, 7) is 8.21. The first-order valence-corrected chi connectivity index (χ1v) is 24.7. The molecule has 5 heterocycles. The molecule has 5 N–H and O–H groups in total. The van der Waals surface area contributed by atoms with Gasteiger partial charge in [0.2, 0.25) is 11.8 Å². The maximum Gasteiger partial charge on any atom is 0.501 e. The maximum absolute atomic E-state index is 13.7. The molecule has 17 nitrogen and oxygen atoms in total. The number of aromatic nitrogens is 5. The van der Waals surface area contributed by atoms with Crippen molar-refractivity contribution in [2.45, 2.75) is 87.9 Å². The van der Waals surface area contributed by atoms with Gasteiger partial charge in [-0.05, 0) is 85.0 Å². The summed E-state index contributed by atoms with van der Waals surface area (Å²) in [4.78, 5) is 69.5. The minimum atomic E-state index is -5.61. The van der Waals surface area contributed by atoms with Crippen molar-refractivity contribution in [3.05, 3.63) is 109 Å². The molecule has 4 atom stereocenters. The first kappa shape index (κ1) is 50.0. The highest BCUT2D eigenvalue weighted by Gasteiger charge is 2.47. The number of imidazole rings is 2. The number of carbonyl (C=O) groups is 4. The van der Waals surface area contributed by atoms with Crippen molar-refractivity contribution in [1.29, 1.82) is 0 Å². The number of halogens is 3. The summed E-state index contributed by atoms with van der Waals surface area (Å²) in [5.41, 5.74) is 0.413. The van der Waals surface area contributed by atoms with Crippen molar-refractivity contribution in [3.8, 4) is 50.7 Å². The second-order valence-electron chi connectivity index (χ2n) is 18.3. The van der Waals surface area contributed by atoms with Crippen molar-refractivity contribution in [2.75, 3.05) is 20.2 Å². The molecule has 0 spiro atoms. The van der Waals surface area contributed by atoms with E-state index >= 15 is 0 Å². The first-order valence-electron chi connectivity index (χ1n) is 23.2. The molecule has 0 saturated carbocycles. The number of H-pyrrole nitrogens is 2. The molecule has 8 rings (SSSR count). The van der Waals surface area contributed by atoms with Gasteiger partial charge in [-0.25, -0.2) is 28.0 Å². The van der Waals surface area contributed by atoms with Crippen LogP contribution < -0.4 is 10.6 Å². The average molecular weight is 998 g/mol. The number of hydrogen-bond acceptors (Lipinski definition) is 9. The minimum absolute atomic E-state index is 0.190. The molecule has 2 aliphatic heterocycles. The molecule has 4 amide bonds. The third-order valence-electron chi connectivity index (χ3n) is 13.0. The van der Waals surface area contributed by atoms with Crippen LogP contribution in [0.5, 0.6) is 0 Å². The van der Waals surface area contributed by atoms with Gasteiger partial charge in [0.05, 0.1) is 46.9 Å². The lowest BCUT2D eigenvalue weighted by Gasteiger charge is -2.29. The third kappa shape index (κ3) is 10.1. The van der Waals surface area contributed by atoms with Crippen molar-refractivity contribution >= 4 is 33.8 Å². The number of carbonyl (C=O) groups excluding carboxylic acids is 3. The highest BCUT2D eigenvalue weighted by molar-refractivity contribution is 7.92. The van der Waals surface area contributed by atoms with Crippen molar-refractivity contribution in [2.24, 2.45) is 11.8 Å². The van der Waals surface area contributed by atoms with E-state index in [0.29, 0.717) is 66.0 Å². The van der Waals surface area contributed by atoms with E-state index in [1.807, 2.05) is 79.1 Å². The zero-order valence-corrected chi connectivity index (χ0v) is 40.3. The van der Waals surface area contributed by atoms with Gasteiger partial charge < -0.3 is 44.8 Å². The summed E-state index contributed by atoms with van der Waals surface area (Å²) >= 11 is 0. The summed E-state index contributed by atoms with van der Waals surface area (Å²) in [7, 11) is -4.36. The molecule has 2 aliphatic rings. The van der Waals surface area contributed by atoms with Gasteiger partial charge >= 0.3 is 17.7 Å². The van der Waals surface area contributed by atoms with E-state index in [2.05, 4.69) is 20.6 Å². The predicted molar refractivity (Wildman–Crippen MR) is 256 cm³/mol. The van der Waals surface area contributed by atoms with E-state index in [1.54, 1.807) is 36.0 Å². The number of sulfone groups is 1. The molecule has 2 saturated heterocycles. The van der Waals surface area contributed by atoms with E-state index in [9.17, 15) is 45.9 Å². The molecule has 3 aromatic carbocycles. The molecule has 0 unspecified atom stereocenters. The Morgan fingerprint density at radius 3 is 1.49 bits per heavy atom. The van der Waals surface area contributed by atoms with Crippen LogP contribution in [0.1, 0.15) is 77.1 Å². The Morgan fingerprint density at radius 2 is 1.10 bits per heavy atom. The number of amides is 4. The zero-order chi connectivity index (χ0) is 50.9. The number of nitrogens with zero attached hydrogens (tertiary/aromatic N) is 5. The smallest absolute Gasteiger partial charge is 0.465 e. The summed E-state index contributed by atoms with van der Waals surface area (Å²) in [5, 5.41) is 14.4. The number of nitrogens with one attached hydrogen (secondary N) is 4. The number of alkyl carbamates (subject to hydrolysis) is 1. The third-order valence-corrected chi connectivity index (χ3v) is 14.5. The van der Waals surface area contributed by atoms with Crippen molar-refractivity contribution < 1.29 is 50.6 Å². The zero-order valence-electron chi connectivity index (χ0n) is 39.5. The molecule has 21 heteroatoms. The Labute approximate surface area is 407 Å². The van der Waals surface area contributed by atoms with Crippen LogP contribution in [0.3, 0.4) is 0 Å². The summed E-state index contributed by atoms with van der Waals surface area (Å²) in [5.74, 6) is 0.168. The lowest BCUT2D eigenvalue weighted by atomic mass is 10.0. The van der Waals surface area contributed by atoms with Gasteiger partial charge in [-0.2, -0.15) is 13.2 Å². The number of aromatic amines is 2. The van der Waals surface area contributed by atoms with Crippen LogP contribution in [-0.4, -0.2) is 110 Å². The second-order valence-corrected chi connectivity index (χ2v) is 20.2. The SMILES string of the molecule is COC(=O)N[C@H](C(=O)N1CCC[C@H]1c1nc(-c2ccc(-c3ccc(-c4ccc(-c5c[nH]c([C@@H]6CCCN6C(=O)[C@@H](NC(=O)O)C(C)C)n5)cc4)n3-c3ccc(S(=O)(=O)C(F)(F)F)cc3)cc2)c[nH]1)C(C)C. The minimum Gasteiger partial charge on any atom is -0.465 e. The molecule has 0 bridgehead atoms. The largest absolute Gasteiger partial charge is 0.501 e. The molecular weight excluding hydrogens is 944 g/mol. The van der Waals surface area contributed by atoms with Crippen molar-refractivity contribution in [1.82, 2.24) is 44.9 Å². The normalized spacial score (nSPS) is 17.2. The van der Waals surface area contributed by atoms with Crippen LogP contribution in [0.4, 0.5) is 22.8 Å². The topological polar surface area (TPSA) is 225 Å². The van der Waals surface area contributed by atoms with Gasteiger partial charge in [0.15, 0.2) is 0 Å². The van der Waals surface area contributed by atoms with E-state index < -0.39 is 44.5 Å². The standard InChI is InChI=1S/C50H54F3N9O8S/c1-28(2)42(58-48(65)66)46(63)60-24-6-8-40(60)44-54-26-36(56-44)30-10-14-32(15-11-30)38-22-23-39(62(38)34-18-20-35(21-19-34)71(68,69)50(51,52)53)33-16-12-31(13-17-33)37-27-55-45(57-37)41-9-7-25-61(41)47(64)43(29(3)4)59-49(67)70-5/h10-23,26-29,40-43,58H,6-9,24-25H2,1-5H3,(H,54,56)(H,55,57)(H,59,67)(H,65,66)/t40-,41-,42-,43-/m0/s1. The fraction of sp³-hybridized carbons (Fsp3) is 0.360. The number of hydrogen-bond donors (Lipinski definition) is 5. The number of methoxy groups -OCH3 is 1. The van der Waals surface area contributed by atoms with Crippen LogP contribution in [0.15, 0.2) is 102 Å². The second kappa shape index (κ2) is 20.1. The molecule has 374 valence electrons. The van der Waals surface area contributed by atoms with Gasteiger partial charge in [0.25, 0.3) is 9.84 Å². The molecule has 3 aromatic heterocycles. The summed E-state index contributed by atoms with van der Waals surface area (Å²) < 4.78 is 71.9. The fourth-order valence-electron chi connectivity index (χ4n) is 9.34. The Hall–Kier alpha value is -7.42. The fourth-order valence-corrected chi connectivity index (χ4v) is 10.1. The van der Waals surface area contributed by atoms with E-state index in [-0.39, 0.29) is 35.7 Å². The summed E-state index contributed by atoms with van der Waals surface area (Å²) in [6, 6.07) is 20.8. The Morgan fingerprint density at radius 1 is 0.676 bits per heavy atom. The number of ether oxygens (including phenoxy) is 1. The molecule has 6 aromatic rings. The maximum atomic E-state index is 13.7. The Balaban J connectivity index is 1.07. The molecule has 2 fully saturated rings. The van der Waals surface area contributed by atoms with Crippen LogP contribution in [0, 0.1) is 11.8 Å². The van der Waals surface area contributed by atoms with Crippen LogP contribution in [0.2, 0.25) is 0 Å². The lowest BCUT2D eigenvalue weighted by molar-refractivity contribution is -0.136. The van der Waals surface area contributed by atoms with E-state index in [0.717, 1.165) is 47.2 Å². The number of alkyl halides is 3. The van der Waals surface area contributed by atoms with E-state index in [4.69, 9.17) is 14.7 Å². The van der Waals surface area contributed by atoms with Gasteiger partial charge in [-0.1, -0.05) is 76.2 Å². The Kier molecular flexibility index (Phi) is 14.2. The number of benzene rings is 3. The Bertz CT molecular complexity index is 3020. The predicted octanol–water partition coefficient (Wildman–Crippen LogP) is 8.88. The molecular formula is C50H54F3N9O8S. The number of likely N-dealkylation sites (tertiary alicyclic amines) is 2. The van der Waals surface area contributed by atoms with Gasteiger partial charge in [0, 0.05) is 42.3 Å².